The summed E-state index contributed by atoms with van der Waals surface area (Å²) in [5.74, 6) is -0.0320. The smallest absolute Gasteiger partial charge is 0.251 e. The quantitative estimate of drug-likeness (QED) is 0.846. The van der Waals surface area contributed by atoms with Gasteiger partial charge in [-0.05, 0) is 42.1 Å². The highest BCUT2D eigenvalue weighted by atomic mass is 32.1. The van der Waals surface area contributed by atoms with Gasteiger partial charge < -0.3 is 10.6 Å². The van der Waals surface area contributed by atoms with Gasteiger partial charge in [0.25, 0.3) is 5.91 Å². The predicted molar refractivity (Wildman–Crippen MR) is 80.7 cm³/mol. The highest BCUT2D eigenvalue weighted by molar-refractivity contribution is 7.09. The van der Waals surface area contributed by atoms with Gasteiger partial charge in [0.15, 0.2) is 0 Å². The Morgan fingerprint density at radius 2 is 2.00 bits per heavy atom. The minimum Gasteiger partial charge on any atom is -0.385 e. The molecule has 2 N–H and O–H groups in total. The third kappa shape index (κ3) is 4.10. The maximum absolute atomic E-state index is 11.9. The second kappa shape index (κ2) is 6.95. The van der Waals surface area contributed by atoms with Gasteiger partial charge in [-0.3, -0.25) is 4.79 Å². The van der Waals surface area contributed by atoms with Crippen molar-refractivity contribution in [3.8, 4) is 0 Å². The van der Waals surface area contributed by atoms with Gasteiger partial charge in [-0.15, -0.1) is 11.3 Å². The molecule has 0 atom stereocenters. The highest BCUT2D eigenvalue weighted by Crippen LogP contribution is 2.11. The minimum absolute atomic E-state index is 0.0320. The Balaban J connectivity index is 1.88. The van der Waals surface area contributed by atoms with Gasteiger partial charge in [0.1, 0.15) is 0 Å². The van der Waals surface area contributed by atoms with Crippen LogP contribution in [0.15, 0.2) is 41.8 Å². The lowest BCUT2D eigenvalue weighted by molar-refractivity contribution is 0.0951. The third-order valence-electron chi connectivity index (χ3n) is 2.73. The minimum atomic E-state index is -0.0320. The van der Waals surface area contributed by atoms with E-state index in [1.165, 1.54) is 0 Å². The molecule has 2 rings (SSSR count). The van der Waals surface area contributed by atoms with E-state index in [0.717, 1.165) is 23.5 Å². The molecule has 0 saturated heterocycles. The van der Waals surface area contributed by atoms with Crippen LogP contribution in [0.4, 0.5) is 5.69 Å². The van der Waals surface area contributed by atoms with Gasteiger partial charge in [-0.25, -0.2) is 0 Å². The standard InChI is InChI=1S/C15H18N2OS/c1-2-9-16-13-7-5-12(6-8-13)15(18)17-11-14-4-3-10-19-14/h3-8,10,16H,2,9,11H2,1H3,(H,17,18). The van der Waals surface area contributed by atoms with Gasteiger partial charge >= 0.3 is 0 Å². The topological polar surface area (TPSA) is 41.1 Å². The SMILES string of the molecule is CCCNc1ccc(C(=O)NCc2cccs2)cc1. The summed E-state index contributed by atoms with van der Waals surface area (Å²) in [5.41, 5.74) is 1.75. The van der Waals surface area contributed by atoms with Crippen LogP contribution in [0.2, 0.25) is 0 Å². The number of thiophene rings is 1. The molecule has 3 nitrogen and oxygen atoms in total. The fraction of sp³-hybridized carbons (Fsp3) is 0.267. The third-order valence-corrected chi connectivity index (χ3v) is 3.61. The van der Waals surface area contributed by atoms with E-state index in [9.17, 15) is 4.79 Å². The van der Waals surface area contributed by atoms with Crippen molar-refractivity contribution in [2.24, 2.45) is 0 Å². The van der Waals surface area contributed by atoms with Crippen LogP contribution in [0.1, 0.15) is 28.6 Å². The molecule has 0 spiro atoms. The Bertz CT molecular complexity index is 505. The Kier molecular flexibility index (Phi) is 4.98. The summed E-state index contributed by atoms with van der Waals surface area (Å²) in [6.07, 6.45) is 1.09. The van der Waals surface area contributed by atoms with Gasteiger partial charge in [0.2, 0.25) is 0 Å². The Morgan fingerprint density at radius 3 is 2.63 bits per heavy atom. The first-order valence-electron chi connectivity index (χ1n) is 6.44. The fourth-order valence-corrected chi connectivity index (χ4v) is 2.34. The van der Waals surface area contributed by atoms with Gasteiger partial charge in [-0.1, -0.05) is 13.0 Å². The van der Waals surface area contributed by atoms with Crippen molar-refractivity contribution in [3.63, 3.8) is 0 Å². The molecule has 4 heteroatoms. The molecule has 0 saturated carbocycles. The molecule has 1 aromatic heterocycles. The second-order valence-corrected chi connectivity index (χ2v) is 5.30. The summed E-state index contributed by atoms with van der Waals surface area (Å²) in [7, 11) is 0. The van der Waals surface area contributed by atoms with Crippen molar-refractivity contribution >= 4 is 22.9 Å². The van der Waals surface area contributed by atoms with E-state index in [-0.39, 0.29) is 5.91 Å². The number of rotatable bonds is 6. The van der Waals surface area contributed by atoms with Crippen LogP contribution in [-0.4, -0.2) is 12.5 Å². The van der Waals surface area contributed by atoms with Crippen LogP contribution in [0.5, 0.6) is 0 Å². The zero-order valence-electron chi connectivity index (χ0n) is 11.0. The molecule has 1 heterocycles. The van der Waals surface area contributed by atoms with Gasteiger partial charge in [0, 0.05) is 22.7 Å². The van der Waals surface area contributed by atoms with Crippen LogP contribution in [0.3, 0.4) is 0 Å². The van der Waals surface area contributed by atoms with Crippen molar-refractivity contribution in [1.29, 1.82) is 0 Å². The van der Waals surface area contributed by atoms with E-state index < -0.39 is 0 Å². The monoisotopic (exact) mass is 274 g/mol. The summed E-state index contributed by atoms with van der Waals surface area (Å²) >= 11 is 1.65. The van der Waals surface area contributed by atoms with Gasteiger partial charge in [0.05, 0.1) is 6.54 Å². The first-order chi connectivity index (χ1) is 9.29. The summed E-state index contributed by atoms with van der Waals surface area (Å²) < 4.78 is 0. The number of hydrogen-bond donors (Lipinski definition) is 2. The first kappa shape index (κ1) is 13.6. The molecular weight excluding hydrogens is 256 g/mol. The van der Waals surface area contributed by atoms with Crippen molar-refractivity contribution in [2.75, 3.05) is 11.9 Å². The lowest BCUT2D eigenvalue weighted by Gasteiger charge is -2.07. The lowest BCUT2D eigenvalue weighted by Crippen LogP contribution is -2.22. The molecule has 0 radical (unpaired) electrons. The van der Waals surface area contributed by atoms with E-state index in [1.807, 2.05) is 41.8 Å². The molecular formula is C15H18N2OS. The number of benzene rings is 1. The number of carbonyl (C=O) groups excluding carboxylic acids is 1. The number of carbonyl (C=O) groups is 1. The van der Waals surface area contributed by atoms with E-state index in [1.54, 1.807) is 11.3 Å². The van der Waals surface area contributed by atoms with E-state index in [2.05, 4.69) is 17.6 Å². The molecule has 2 aromatic rings. The second-order valence-electron chi connectivity index (χ2n) is 4.27. The highest BCUT2D eigenvalue weighted by Gasteiger charge is 2.05. The van der Waals surface area contributed by atoms with Crippen molar-refractivity contribution in [3.05, 3.63) is 52.2 Å². The number of amides is 1. The van der Waals surface area contributed by atoms with E-state index in [0.29, 0.717) is 12.1 Å². The zero-order valence-corrected chi connectivity index (χ0v) is 11.8. The summed E-state index contributed by atoms with van der Waals surface area (Å²) in [4.78, 5) is 13.1. The molecule has 100 valence electrons. The van der Waals surface area contributed by atoms with Crippen molar-refractivity contribution in [1.82, 2.24) is 5.32 Å². The first-order valence-corrected chi connectivity index (χ1v) is 7.32. The fourth-order valence-electron chi connectivity index (χ4n) is 1.69. The molecule has 0 aliphatic carbocycles. The summed E-state index contributed by atoms with van der Waals surface area (Å²) in [6.45, 7) is 3.66. The number of anilines is 1. The van der Waals surface area contributed by atoms with Crippen molar-refractivity contribution in [2.45, 2.75) is 19.9 Å². The maximum Gasteiger partial charge on any atom is 0.251 e. The van der Waals surface area contributed by atoms with E-state index >= 15 is 0 Å². The van der Waals surface area contributed by atoms with Crippen LogP contribution in [0, 0.1) is 0 Å². The molecule has 19 heavy (non-hydrogen) atoms. The summed E-state index contributed by atoms with van der Waals surface area (Å²) in [6, 6.07) is 11.6. The number of nitrogens with one attached hydrogen (secondary N) is 2. The predicted octanol–water partition coefficient (Wildman–Crippen LogP) is 3.50. The number of hydrogen-bond acceptors (Lipinski definition) is 3. The molecule has 0 bridgehead atoms. The average molecular weight is 274 g/mol. The summed E-state index contributed by atoms with van der Waals surface area (Å²) in [5, 5.41) is 8.21. The Labute approximate surface area is 117 Å². The van der Waals surface area contributed by atoms with Gasteiger partial charge in [-0.2, -0.15) is 0 Å². The molecule has 0 aliphatic rings. The Morgan fingerprint density at radius 1 is 1.21 bits per heavy atom. The van der Waals surface area contributed by atoms with Crippen molar-refractivity contribution < 1.29 is 4.79 Å². The Hall–Kier alpha value is -1.81. The molecule has 1 aromatic carbocycles. The lowest BCUT2D eigenvalue weighted by atomic mass is 10.2. The average Bonchev–Trinajstić information content (AvgIpc) is 2.96. The van der Waals surface area contributed by atoms with Crippen LogP contribution in [0.25, 0.3) is 0 Å². The largest absolute Gasteiger partial charge is 0.385 e. The van der Waals surface area contributed by atoms with Crippen LogP contribution in [-0.2, 0) is 6.54 Å². The zero-order chi connectivity index (χ0) is 13.5. The van der Waals surface area contributed by atoms with Crippen LogP contribution >= 0.6 is 11.3 Å². The van der Waals surface area contributed by atoms with E-state index in [4.69, 9.17) is 0 Å². The maximum atomic E-state index is 11.9. The van der Waals surface area contributed by atoms with Crippen LogP contribution < -0.4 is 10.6 Å². The molecule has 0 aliphatic heterocycles. The molecule has 0 unspecified atom stereocenters. The normalized spacial score (nSPS) is 10.2. The molecule has 1 amide bonds. The molecule has 0 fully saturated rings.